The Bertz CT molecular complexity index is 754. The lowest BCUT2D eigenvalue weighted by Gasteiger charge is -2.43. The van der Waals surface area contributed by atoms with Crippen molar-refractivity contribution in [2.45, 2.75) is 24.9 Å². The summed E-state index contributed by atoms with van der Waals surface area (Å²) in [5.74, 6) is -4.33. The lowest BCUT2D eigenvalue weighted by Crippen LogP contribution is -2.55. The second kappa shape index (κ2) is 6.60. The van der Waals surface area contributed by atoms with Crippen molar-refractivity contribution in [2.24, 2.45) is 11.8 Å². The molecule has 0 aromatic heterocycles. The quantitative estimate of drug-likeness (QED) is 0.620. The molecule has 1 aliphatic carbocycles. The van der Waals surface area contributed by atoms with Gasteiger partial charge in [0, 0.05) is 12.3 Å². The molecule has 1 N–H and O–H groups in total. The molecule has 0 unspecified atom stereocenters. The van der Waals surface area contributed by atoms with E-state index >= 15 is 0 Å². The highest BCUT2D eigenvalue weighted by Gasteiger charge is 2.57. The van der Waals surface area contributed by atoms with Gasteiger partial charge >= 0.3 is 11.9 Å². The maximum Gasteiger partial charge on any atom is 0.316 e. The molecule has 0 spiro atoms. The van der Waals surface area contributed by atoms with Crippen LogP contribution in [0, 0.1) is 11.8 Å². The number of benzene rings is 1. The molecule has 1 aromatic carbocycles. The standard InChI is InChI=1S/C18H20O8/c1-18(22)7-10(19)14(16(20)23-2)13(15(18)17(21)24-3)9-4-5-11-12(6-9)26-8-25-11/h4-6,13-15,22H,7-8H2,1-3H3/t13-,14+,15-,18-/m0/s1. The van der Waals surface area contributed by atoms with E-state index in [4.69, 9.17) is 18.9 Å². The van der Waals surface area contributed by atoms with Gasteiger partial charge in [0.2, 0.25) is 6.79 Å². The average molecular weight is 364 g/mol. The summed E-state index contributed by atoms with van der Waals surface area (Å²) in [6.45, 7) is 1.45. The third-order valence-corrected chi connectivity index (χ3v) is 4.96. The van der Waals surface area contributed by atoms with Gasteiger partial charge in [-0.3, -0.25) is 14.4 Å². The van der Waals surface area contributed by atoms with Crippen LogP contribution in [0.25, 0.3) is 0 Å². The van der Waals surface area contributed by atoms with Crippen molar-refractivity contribution in [2.75, 3.05) is 21.0 Å². The number of carbonyl (C=O) groups excluding carboxylic acids is 3. The van der Waals surface area contributed by atoms with Crippen molar-refractivity contribution in [3.05, 3.63) is 23.8 Å². The van der Waals surface area contributed by atoms with Crippen LogP contribution >= 0.6 is 0 Å². The molecule has 0 saturated heterocycles. The fourth-order valence-electron chi connectivity index (χ4n) is 3.79. The summed E-state index contributed by atoms with van der Waals surface area (Å²) in [6.07, 6.45) is -0.354. The maximum atomic E-state index is 12.6. The fraction of sp³-hybridized carbons (Fsp3) is 0.500. The Balaban J connectivity index is 2.15. The molecule has 0 radical (unpaired) electrons. The second-order valence-corrected chi connectivity index (χ2v) is 6.64. The molecule has 1 saturated carbocycles. The Morgan fingerprint density at radius 1 is 1.15 bits per heavy atom. The molecule has 140 valence electrons. The van der Waals surface area contributed by atoms with Crippen LogP contribution < -0.4 is 9.47 Å². The molecular weight excluding hydrogens is 344 g/mol. The van der Waals surface area contributed by atoms with E-state index in [-0.39, 0.29) is 13.2 Å². The lowest BCUT2D eigenvalue weighted by atomic mass is 9.61. The third kappa shape index (κ3) is 2.90. The van der Waals surface area contributed by atoms with Crippen LogP contribution in [0.15, 0.2) is 18.2 Å². The van der Waals surface area contributed by atoms with E-state index in [1.54, 1.807) is 18.2 Å². The largest absolute Gasteiger partial charge is 0.469 e. The zero-order valence-electron chi connectivity index (χ0n) is 14.7. The first-order valence-corrected chi connectivity index (χ1v) is 8.10. The van der Waals surface area contributed by atoms with Gasteiger partial charge in [-0.1, -0.05) is 6.07 Å². The molecule has 8 nitrogen and oxygen atoms in total. The van der Waals surface area contributed by atoms with Gasteiger partial charge < -0.3 is 24.1 Å². The number of methoxy groups -OCH3 is 2. The molecule has 3 rings (SSSR count). The Labute approximate surface area is 150 Å². The summed E-state index contributed by atoms with van der Waals surface area (Å²) in [6, 6.07) is 4.88. The minimum Gasteiger partial charge on any atom is -0.469 e. The molecule has 8 heteroatoms. The number of fused-ring (bicyclic) bond motifs is 1. The summed E-state index contributed by atoms with van der Waals surface area (Å²) in [4.78, 5) is 37.4. The van der Waals surface area contributed by atoms with Crippen LogP contribution in [-0.2, 0) is 23.9 Å². The molecule has 2 aliphatic rings. The topological polar surface area (TPSA) is 108 Å². The first kappa shape index (κ1) is 18.2. The Kier molecular flexibility index (Phi) is 4.62. The molecule has 1 fully saturated rings. The number of carbonyl (C=O) groups is 3. The molecule has 1 heterocycles. The van der Waals surface area contributed by atoms with Crippen LogP contribution in [0.2, 0.25) is 0 Å². The third-order valence-electron chi connectivity index (χ3n) is 4.96. The summed E-state index contributed by atoms with van der Waals surface area (Å²) in [7, 11) is 2.37. The summed E-state index contributed by atoms with van der Waals surface area (Å²) in [5.41, 5.74) is -1.19. The molecule has 26 heavy (non-hydrogen) atoms. The second-order valence-electron chi connectivity index (χ2n) is 6.64. The average Bonchev–Trinajstić information content (AvgIpc) is 3.06. The smallest absolute Gasteiger partial charge is 0.316 e. The van der Waals surface area contributed by atoms with Crippen molar-refractivity contribution in [3.8, 4) is 11.5 Å². The van der Waals surface area contributed by atoms with E-state index in [0.29, 0.717) is 17.1 Å². The molecular formula is C18H20O8. The first-order chi connectivity index (χ1) is 12.3. The SMILES string of the molecule is COC(=O)[C@@H]1C(=O)C[C@](C)(O)[C@H](C(=O)OC)[C@H]1c1ccc2c(c1)OCO2. The van der Waals surface area contributed by atoms with Gasteiger partial charge in [-0.25, -0.2) is 0 Å². The zero-order valence-corrected chi connectivity index (χ0v) is 14.7. The maximum absolute atomic E-state index is 12.6. The van der Waals surface area contributed by atoms with E-state index in [2.05, 4.69) is 0 Å². The number of hydrogen-bond acceptors (Lipinski definition) is 8. The van der Waals surface area contributed by atoms with Crippen molar-refractivity contribution >= 4 is 17.7 Å². The number of ether oxygens (including phenoxy) is 4. The minimum absolute atomic E-state index is 0.0565. The van der Waals surface area contributed by atoms with E-state index in [1.807, 2.05) is 0 Å². The van der Waals surface area contributed by atoms with Crippen molar-refractivity contribution in [1.82, 2.24) is 0 Å². The van der Waals surface area contributed by atoms with Crippen LogP contribution in [-0.4, -0.2) is 49.4 Å². The normalized spacial score (nSPS) is 30.0. The van der Waals surface area contributed by atoms with E-state index < -0.39 is 41.1 Å². The monoisotopic (exact) mass is 364 g/mol. The summed E-state index contributed by atoms with van der Waals surface area (Å²) >= 11 is 0. The van der Waals surface area contributed by atoms with Gasteiger partial charge in [0.25, 0.3) is 0 Å². The number of rotatable bonds is 3. The van der Waals surface area contributed by atoms with E-state index in [0.717, 1.165) is 0 Å². The number of aliphatic hydroxyl groups is 1. The highest BCUT2D eigenvalue weighted by atomic mass is 16.7. The first-order valence-electron chi connectivity index (χ1n) is 8.10. The molecule has 1 aromatic rings. The van der Waals surface area contributed by atoms with E-state index in [1.165, 1.54) is 21.1 Å². The molecule has 4 atom stereocenters. The Hall–Kier alpha value is -2.61. The van der Waals surface area contributed by atoms with Crippen molar-refractivity contribution in [3.63, 3.8) is 0 Å². The van der Waals surface area contributed by atoms with Crippen LogP contribution in [0.1, 0.15) is 24.8 Å². The summed E-state index contributed by atoms with van der Waals surface area (Å²) < 4.78 is 20.3. The van der Waals surface area contributed by atoms with Crippen molar-refractivity contribution in [1.29, 1.82) is 0 Å². The van der Waals surface area contributed by atoms with Crippen LogP contribution in [0.4, 0.5) is 0 Å². The van der Waals surface area contributed by atoms with Gasteiger partial charge in [-0.05, 0) is 24.6 Å². The Morgan fingerprint density at radius 2 is 1.81 bits per heavy atom. The van der Waals surface area contributed by atoms with E-state index in [9.17, 15) is 19.5 Å². The van der Waals surface area contributed by atoms with Gasteiger partial charge in [-0.2, -0.15) is 0 Å². The number of esters is 2. The van der Waals surface area contributed by atoms with Gasteiger partial charge in [0.1, 0.15) is 5.92 Å². The predicted octanol–water partition coefficient (Wildman–Crippen LogP) is 0.801. The zero-order chi connectivity index (χ0) is 19.1. The molecule has 0 bridgehead atoms. The summed E-state index contributed by atoms with van der Waals surface area (Å²) in [5, 5.41) is 10.8. The van der Waals surface area contributed by atoms with Crippen LogP contribution in [0.3, 0.4) is 0 Å². The number of hydrogen-bond donors (Lipinski definition) is 1. The highest BCUT2D eigenvalue weighted by Crippen LogP contribution is 2.48. The van der Waals surface area contributed by atoms with Gasteiger partial charge in [-0.15, -0.1) is 0 Å². The number of ketones is 1. The highest BCUT2D eigenvalue weighted by molar-refractivity contribution is 6.02. The molecule has 1 aliphatic heterocycles. The van der Waals surface area contributed by atoms with Gasteiger partial charge in [0.15, 0.2) is 17.3 Å². The van der Waals surface area contributed by atoms with Crippen LogP contribution in [0.5, 0.6) is 11.5 Å². The fourth-order valence-corrected chi connectivity index (χ4v) is 3.79. The predicted molar refractivity (Wildman–Crippen MR) is 86.6 cm³/mol. The lowest BCUT2D eigenvalue weighted by molar-refractivity contribution is -0.170. The molecule has 0 amide bonds. The van der Waals surface area contributed by atoms with Crippen molar-refractivity contribution < 1.29 is 38.4 Å². The van der Waals surface area contributed by atoms with Gasteiger partial charge in [0.05, 0.1) is 25.7 Å². The number of Topliss-reactive ketones (excluding diaryl/α,β-unsaturated/α-hetero) is 1. The minimum atomic E-state index is -1.67. The Morgan fingerprint density at radius 3 is 2.46 bits per heavy atom.